The van der Waals surface area contributed by atoms with Gasteiger partial charge in [-0.3, -0.25) is 14.5 Å². The van der Waals surface area contributed by atoms with Crippen LogP contribution < -0.4 is 10.6 Å². The third-order valence-electron chi connectivity index (χ3n) is 3.84. The van der Waals surface area contributed by atoms with Crippen LogP contribution >= 0.6 is 0 Å². The number of halogens is 1. The molecule has 0 unspecified atom stereocenters. The van der Waals surface area contributed by atoms with Gasteiger partial charge in [0.25, 0.3) is 5.91 Å². The minimum Gasteiger partial charge on any atom is -0.325 e. The van der Waals surface area contributed by atoms with Gasteiger partial charge in [-0.05, 0) is 17.7 Å². The van der Waals surface area contributed by atoms with E-state index in [1.54, 1.807) is 6.07 Å². The fraction of sp³-hybridized carbons (Fsp3) is 0.167. The van der Waals surface area contributed by atoms with Gasteiger partial charge in [-0.25, -0.2) is 9.18 Å². The standard InChI is InChI=1S/C18H16FN3O3/c19-13-8-4-5-9-14(13)20-16(23)11-22-17(24)15(21-18(22)25)10-12-6-2-1-3-7-12/h1-9,15H,10-11H2,(H,20,23)(H,21,25)/t15-/m0/s1. The first-order valence-corrected chi connectivity index (χ1v) is 7.75. The Balaban J connectivity index is 1.62. The molecule has 2 aromatic carbocycles. The molecule has 3 rings (SSSR count). The maximum atomic E-state index is 13.5. The molecule has 2 aromatic rings. The highest BCUT2D eigenvalue weighted by Gasteiger charge is 2.38. The Labute approximate surface area is 143 Å². The van der Waals surface area contributed by atoms with Crippen LogP contribution in [-0.2, 0) is 16.0 Å². The van der Waals surface area contributed by atoms with Gasteiger partial charge in [0.15, 0.2) is 0 Å². The van der Waals surface area contributed by atoms with Gasteiger partial charge in [-0.15, -0.1) is 0 Å². The van der Waals surface area contributed by atoms with Crippen LogP contribution in [0, 0.1) is 5.82 Å². The maximum Gasteiger partial charge on any atom is 0.325 e. The number of carbonyl (C=O) groups is 3. The van der Waals surface area contributed by atoms with Gasteiger partial charge in [-0.1, -0.05) is 42.5 Å². The summed E-state index contributed by atoms with van der Waals surface area (Å²) in [6.45, 7) is -0.468. The van der Waals surface area contributed by atoms with Crippen LogP contribution in [0.2, 0.25) is 0 Å². The second kappa shape index (κ2) is 7.12. The fourth-order valence-corrected chi connectivity index (χ4v) is 2.61. The molecule has 2 N–H and O–H groups in total. The normalized spacial score (nSPS) is 16.7. The monoisotopic (exact) mass is 341 g/mol. The topological polar surface area (TPSA) is 78.5 Å². The Kier molecular flexibility index (Phi) is 4.74. The largest absolute Gasteiger partial charge is 0.325 e. The van der Waals surface area contributed by atoms with E-state index in [1.807, 2.05) is 30.3 Å². The van der Waals surface area contributed by atoms with Crippen molar-refractivity contribution in [3.63, 3.8) is 0 Å². The van der Waals surface area contributed by atoms with E-state index in [-0.39, 0.29) is 5.69 Å². The van der Waals surface area contributed by atoms with Crippen LogP contribution in [-0.4, -0.2) is 35.3 Å². The van der Waals surface area contributed by atoms with Crippen LogP contribution in [0.1, 0.15) is 5.56 Å². The molecule has 1 aliphatic rings. The van der Waals surface area contributed by atoms with E-state index < -0.39 is 36.2 Å². The number of urea groups is 1. The molecular weight excluding hydrogens is 325 g/mol. The molecule has 1 saturated heterocycles. The Bertz CT molecular complexity index is 810. The lowest BCUT2D eigenvalue weighted by Gasteiger charge is -2.13. The van der Waals surface area contributed by atoms with Crippen molar-refractivity contribution in [2.24, 2.45) is 0 Å². The van der Waals surface area contributed by atoms with E-state index in [2.05, 4.69) is 10.6 Å². The van der Waals surface area contributed by atoms with Gasteiger partial charge in [-0.2, -0.15) is 0 Å². The zero-order valence-corrected chi connectivity index (χ0v) is 13.2. The fourth-order valence-electron chi connectivity index (χ4n) is 2.61. The van der Waals surface area contributed by atoms with Gasteiger partial charge < -0.3 is 10.6 Å². The van der Waals surface area contributed by atoms with Crippen molar-refractivity contribution < 1.29 is 18.8 Å². The van der Waals surface area contributed by atoms with Gasteiger partial charge in [0.1, 0.15) is 18.4 Å². The summed E-state index contributed by atoms with van der Waals surface area (Å²) in [5.74, 6) is -1.71. The molecule has 1 fully saturated rings. The third kappa shape index (κ3) is 3.82. The van der Waals surface area contributed by atoms with E-state index in [0.717, 1.165) is 10.5 Å². The first kappa shape index (κ1) is 16.6. The van der Waals surface area contributed by atoms with Crippen LogP contribution in [0.15, 0.2) is 54.6 Å². The molecular formula is C18H16FN3O3. The number of nitrogens with one attached hydrogen (secondary N) is 2. The number of nitrogens with zero attached hydrogens (tertiary/aromatic N) is 1. The minimum absolute atomic E-state index is 0.000361. The Morgan fingerprint density at radius 2 is 1.76 bits per heavy atom. The second-order valence-electron chi connectivity index (χ2n) is 5.64. The van der Waals surface area contributed by atoms with Crippen molar-refractivity contribution >= 4 is 23.5 Å². The highest BCUT2D eigenvalue weighted by Crippen LogP contribution is 2.14. The van der Waals surface area contributed by atoms with E-state index in [1.165, 1.54) is 18.2 Å². The zero-order valence-electron chi connectivity index (χ0n) is 13.2. The third-order valence-corrected chi connectivity index (χ3v) is 3.84. The SMILES string of the molecule is O=C(CN1C(=O)N[C@@H](Cc2ccccc2)C1=O)Nc1ccccc1F. The predicted molar refractivity (Wildman–Crippen MR) is 89.2 cm³/mol. The number of imide groups is 1. The summed E-state index contributed by atoms with van der Waals surface area (Å²) in [5.41, 5.74) is 0.902. The van der Waals surface area contributed by atoms with Crippen LogP contribution in [0.4, 0.5) is 14.9 Å². The van der Waals surface area contributed by atoms with Crippen molar-refractivity contribution in [2.75, 3.05) is 11.9 Å². The van der Waals surface area contributed by atoms with Gasteiger partial charge in [0.2, 0.25) is 5.91 Å². The number of benzene rings is 2. The molecule has 6 nitrogen and oxygen atoms in total. The van der Waals surface area contributed by atoms with Gasteiger partial charge in [0, 0.05) is 6.42 Å². The van der Waals surface area contributed by atoms with Crippen molar-refractivity contribution in [3.8, 4) is 0 Å². The number of hydrogen-bond acceptors (Lipinski definition) is 3. The summed E-state index contributed by atoms with van der Waals surface area (Å²) in [6.07, 6.45) is 0.344. The van der Waals surface area contributed by atoms with Crippen molar-refractivity contribution in [2.45, 2.75) is 12.5 Å². The lowest BCUT2D eigenvalue weighted by Crippen LogP contribution is -2.38. The van der Waals surface area contributed by atoms with E-state index in [4.69, 9.17) is 0 Å². The summed E-state index contributed by atoms with van der Waals surface area (Å²) in [5, 5.41) is 4.92. The molecule has 0 aliphatic carbocycles. The Morgan fingerprint density at radius 1 is 1.08 bits per heavy atom. The number of hydrogen-bond donors (Lipinski definition) is 2. The Hall–Kier alpha value is -3.22. The Morgan fingerprint density at radius 3 is 2.48 bits per heavy atom. The average Bonchev–Trinajstić information content (AvgIpc) is 2.85. The molecule has 128 valence electrons. The maximum absolute atomic E-state index is 13.5. The molecule has 0 radical (unpaired) electrons. The van der Waals surface area contributed by atoms with Crippen LogP contribution in [0.3, 0.4) is 0 Å². The zero-order chi connectivity index (χ0) is 17.8. The molecule has 1 heterocycles. The first-order chi connectivity index (χ1) is 12.0. The molecule has 0 spiro atoms. The van der Waals surface area contributed by atoms with Crippen molar-refractivity contribution in [1.29, 1.82) is 0 Å². The van der Waals surface area contributed by atoms with Crippen LogP contribution in [0.25, 0.3) is 0 Å². The lowest BCUT2D eigenvalue weighted by atomic mass is 10.1. The molecule has 7 heteroatoms. The predicted octanol–water partition coefficient (Wildman–Crippen LogP) is 1.93. The average molecular weight is 341 g/mol. The van der Waals surface area contributed by atoms with E-state index in [0.29, 0.717) is 6.42 Å². The quantitative estimate of drug-likeness (QED) is 0.816. The summed E-state index contributed by atoms with van der Waals surface area (Å²) in [6, 6.07) is 13.6. The highest BCUT2D eigenvalue weighted by atomic mass is 19.1. The van der Waals surface area contributed by atoms with Gasteiger partial charge in [0.05, 0.1) is 5.69 Å². The van der Waals surface area contributed by atoms with Gasteiger partial charge >= 0.3 is 6.03 Å². The molecule has 1 aliphatic heterocycles. The molecule has 0 aromatic heterocycles. The molecule has 0 bridgehead atoms. The molecule has 25 heavy (non-hydrogen) atoms. The van der Waals surface area contributed by atoms with Crippen molar-refractivity contribution in [1.82, 2.24) is 10.2 Å². The lowest BCUT2D eigenvalue weighted by molar-refractivity contribution is -0.130. The number of anilines is 1. The summed E-state index contributed by atoms with van der Waals surface area (Å²) in [7, 11) is 0. The number of para-hydroxylation sites is 1. The van der Waals surface area contributed by atoms with E-state index >= 15 is 0 Å². The molecule has 4 amide bonds. The van der Waals surface area contributed by atoms with Crippen LogP contribution in [0.5, 0.6) is 0 Å². The van der Waals surface area contributed by atoms with Crippen molar-refractivity contribution in [3.05, 3.63) is 66.0 Å². The molecule has 1 atom stereocenters. The summed E-state index contributed by atoms with van der Waals surface area (Å²) < 4.78 is 13.5. The summed E-state index contributed by atoms with van der Waals surface area (Å²) >= 11 is 0. The van der Waals surface area contributed by atoms with E-state index in [9.17, 15) is 18.8 Å². The number of rotatable bonds is 5. The second-order valence-corrected chi connectivity index (χ2v) is 5.64. The number of carbonyl (C=O) groups excluding carboxylic acids is 3. The molecule has 0 saturated carbocycles. The summed E-state index contributed by atoms with van der Waals surface area (Å²) in [4.78, 5) is 37.2. The minimum atomic E-state index is -0.712. The smallest absolute Gasteiger partial charge is 0.325 e. The highest BCUT2D eigenvalue weighted by molar-refractivity contribution is 6.08. The first-order valence-electron chi connectivity index (χ1n) is 7.75. The number of amides is 4.